The number of ether oxygens (including phenoxy) is 1. The van der Waals surface area contributed by atoms with Crippen molar-refractivity contribution >= 4 is 11.6 Å². The van der Waals surface area contributed by atoms with E-state index in [1.807, 2.05) is 25.1 Å². The fourth-order valence-electron chi connectivity index (χ4n) is 4.39. The van der Waals surface area contributed by atoms with E-state index < -0.39 is 11.7 Å². The van der Waals surface area contributed by atoms with Gasteiger partial charge in [0.05, 0.1) is 5.56 Å². The van der Waals surface area contributed by atoms with Crippen molar-refractivity contribution in [1.29, 1.82) is 0 Å². The molecule has 1 unspecified atom stereocenters. The van der Waals surface area contributed by atoms with Gasteiger partial charge < -0.3 is 9.64 Å². The fraction of sp³-hybridized carbons (Fsp3) is 0.458. The molecule has 1 aliphatic heterocycles. The number of fused-ring (bicyclic) bond motifs is 1. The number of piperidine rings is 1. The Labute approximate surface area is 190 Å². The number of hydrogen-bond acceptors (Lipinski definition) is 4. The van der Waals surface area contributed by atoms with E-state index in [9.17, 15) is 18.0 Å². The van der Waals surface area contributed by atoms with Crippen LogP contribution in [0.5, 0.6) is 5.75 Å². The Kier molecular flexibility index (Phi) is 6.32. The second-order valence-corrected chi connectivity index (χ2v) is 8.84. The lowest BCUT2D eigenvalue weighted by molar-refractivity contribution is -0.138. The van der Waals surface area contributed by atoms with Crippen LogP contribution in [0.25, 0.3) is 5.65 Å². The predicted octanol–water partition coefficient (Wildman–Crippen LogP) is 4.96. The molecule has 3 aromatic rings. The lowest BCUT2D eigenvalue weighted by Gasteiger charge is -2.32. The summed E-state index contributed by atoms with van der Waals surface area (Å²) in [6.45, 7) is 7.13. The number of carbonyl (C=O) groups is 1. The summed E-state index contributed by atoms with van der Waals surface area (Å²) in [7, 11) is 0. The Hall–Kier alpha value is -3.10. The fourth-order valence-corrected chi connectivity index (χ4v) is 4.39. The van der Waals surface area contributed by atoms with Gasteiger partial charge in [-0.1, -0.05) is 19.9 Å². The van der Waals surface area contributed by atoms with Crippen LogP contribution in [0.2, 0.25) is 0 Å². The van der Waals surface area contributed by atoms with Gasteiger partial charge in [-0.3, -0.25) is 9.20 Å². The number of likely N-dealkylation sites (tertiary alicyclic amines) is 1. The molecule has 0 aliphatic carbocycles. The number of aryl methyl sites for hydroxylation is 1. The van der Waals surface area contributed by atoms with Crippen molar-refractivity contribution in [3.05, 3.63) is 59.0 Å². The molecule has 176 valence electrons. The Bertz CT molecular complexity index is 1160. The molecule has 1 atom stereocenters. The zero-order valence-electron chi connectivity index (χ0n) is 18.9. The minimum absolute atomic E-state index is 0.0913. The van der Waals surface area contributed by atoms with Crippen LogP contribution >= 0.6 is 0 Å². The minimum atomic E-state index is -4.45. The van der Waals surface area contributed by atoms with E-state index in [-0.39, 0.29) is 18.4 Å². The van der Waals surface area contributed by atoms with Gasteiger partial charge in [0.2, 0.25) is 0 Å². The van der Waals surface area contributed by atoms with Gasteiger partial charge in [0, 0.05) is 25.2 Å². The van der Waals surface area contributed by atoms with Gasteiger partial charge in [-0.15, -0.1) is 10.2 Å². The van der Waals surface area contributed by atoms with Crippen LogP contribution in [0.1, 0.15) is 61.0 Å². The largest absolute Gasteiger partial charge is 0.484 e. The third-order valence-electron chi connectivity index (χ3n) is 6.12. The summed E-state index contributed by atoms with van der Waals surface area (Å²) in [5, 5.41) is 8.15. The molecule has 6 nitrogen and oxygen atoms in total. The first-order chi connectivity index (χ1) is 15.6. The number of nitrogens with zero attached hydrogens (tertiary/aromatic N) is 4. The number of aromatic nitrogens is 3. The van der Waals surface area contributed by atoms with Gasteiger partial charge in [0.1, 0.15) is 11.6 Å². The van der Waals surface area contributed by atoms with Gasteiger partial charge in [0.15, 0.2) is 12.3 Å². The molecule has 2 aromatic heterocycles. The van der Waals surface area contributed by atoms with E-state index in [0.717, 1.165) is 30.7 Å². The summed E-state index contributed by atoms with van der Waals surface area (Å²) < 4.78 is 46.6. The highest BCUT2D eigenvalue weighted by molar-refractivity contribution is 5.78. The number of halogens is 3. The van der Waals surface area contributed by atoms with E-state index in [1.165, 1.54) is 16.0 Å². The quantitative estimate of drug-likeness (QED) is 0.540. The number of amides is 1. The summed E-state index contributed by atoms with van der Waals surface area (Å²) in [4.78, 5) is 14.5. The van der Waals surface area contributed by atoms with E-state index in [4.69, 9.17) is 4.74 Å². The molecule has 1 fully saturated rings. The number of carbonyl (C=O) groups excluding carboxylic acids is 1. The van der Waals surface area contributed by atoms with Gasteiger partial charge in [-0.05, 0) is 61.1 Å². The maximum Gasteiger partial charge on any atom is 0.417 e. The van der Waals surface area contributed by atoms with Crippen molar-refractivity contribution in [3.63, 3.8) is 0 Å². The van der Waals surface area contributed by atoms with Crippen LogP contribution < -0.4 is 4.74 Å². The third kappa shape index (κ3) is 4.96. The molecule has 1 saturated heterocycles. The average Bonchev–Trinajstić information content (AvgIpc) is 3.20. The molecule has 1 aliphatic rings. The molecule has 1 amide bonds. The van der Waals surface area contributed by atoms with Crippen molar-refractivity contribution < 1.29 is 22.7 Å². The van der Waals surface area contributed by atoms with Gasteiger partial charge in [-0.25, -0.2) is 0 Å². The Morgan fingerprint density at radius 1 is 1.21 bits per heavy atom. The van der Waals surface area contributed by atoms with Gasteiger partial charge in [0.25, 0.3) is 5.91 Å². The van der Waals surface area contributed by atoms with Crippen molar-refractivity contribution in [1.82, 2.24) is 19.5 Å². The summed E-state index contributed by atoms with van der Waals surface area (Å²) in [5.74, 6) is 1.13. The zero-order chi connectivity index (χ0) is 23.8. The van der Waals surface area contributed by atoms with Crippen molar-refractivity contribution in [2.24, 2.45) is 0 Å². The van der Waals surface area contributed by atoms with E-state index in [2.05, 4.69) is 24.0 Å². The number of pyridine rings is 1. The first kappa shape index (κ1) is 23.1. The average molecular weight is 461 g/mol. The molecule has 33 heavy (non-hydrogen) atoms. The highest BCUT2D eigenvalue weighted by atomic mass is 19.4. The lowest BCUT2D eigenvalue weighted by Crippen LogP contribution is -2.42. The first-order valence-corrected chi connectivity index (χ1v) is 11.1. The smallest absolute Gasteiger partial charge is 0.417 e. The first-order valence-electron chi connectivity index (χ1n) is 11.1. The van der Waals surface area contributed by atoms with Crippen molar-refractivity contribution in [2.75, 3.05) is 19.7 Å². The van der Waals surface area contributed by atoms with Crippen LogP contribution in [0.3, 0.4) is 0 Å². The van der Waals surface area contributed by atoms with E-state index in [0.29, 0.717) is 36.2 Å². The lowest BCUT2D eigenvalue weighted by atomic mass is 9.97. The van der Waals surface area contributed by atoms with Crippen molar-refractivity contribution in [2.45, 2.75) is 51.6 Å². The summed E-state index contributed by atoms with van der Waals surface area (Å²) in [6, 6.07) is 8.13. The van der Waals surface area contributed by atoms with Gasteiger partial charge >= 0.3 is 6.18 Å². The maximum absolute atomic E-state index is 13.2. The van der Waals surface area contributed by atoms with Crippen LogP contribution in [-0.4, -0.2) is 45.1 Å². The molecule has 4 rings (SSSR count). The number of alkyl halides is 3. The standard InChI is InChI=1S/C24H27F3N4O2/c1-15(2)20-8-7-19(11-16(20)3)33-14-22(32)30-10-4-5-17(12-30)23-29-28-21-9-6-18(13-31(21)23)24(25,26)27/h6-9,11,13,15,17H,4-5,10,12,14H2,1-3H3. The molecule has 9 heteroatoms. The zero-order valence-corrected chi connectivity index (χ0v) is 18.9. The van der Waals surface area contributed by atoms with Crippen molar-refractivity contribution in [3.8, 4) is 5.75 Å². The SMILES string of the molecule is Cc1cc(OCC(=O)N2CCCC(c3nnc4ccc(C(F)(F)F)cn34)C2)ccc1C(C)C. The van der Waals surface area contributed by atoms with E-state index >= 15 is 0 Å². The van der Waals surface area contributed by atoms with Crippen LogP contribution in [0.15, 0.2) is 36.5 Å². The molecular weight excluding hydrogens is 433 g/mol. The molecule has 0 spiro atoms. The maximum atomic E-state index is 13.2. The molecule has 1 aromatic carbocycles. The normalized spacial score (nSPS) is 17.1. The summed E-state index contributed by atoms with van der Waals surface area (Å²) in [6.07, 6.45) is -1.98. The summed E-state index contributed by atoms with van der Waals surface area (Å²) >= 11 is 0. The van der Waals surface area contributed by atoms with Crippen LogP contribution in [-0.2, 0) is 11.0 Å². The van der Waals surface area contributed by atoms with E-state index in [1.54, 1.807) is 4.90 Å². The number of rotatable bonds is 5. The highest BCUT2D eigenvalue weighted by Crippen LogP contribution is 2.31. The second kappa shape index (κ2) is 9.03. The molecule has 0 radical (unpaired) electrons. The Morgan fingerprint density at radius 3 is 2.70 bits per heavy atom. The monoisotopic (exact) mass is 460 g/mol. The highest BCUT2D eigenvalue weighted by Gasteiger charge is 2.33. The third-order valence-corrected chi connectivity index (χ3v) is 6.12. The topological polar surface area (TPSA) is 59.7 Å². The summed E-state index contributed by atoms with van der Waals surface area (Å²) in [5.41, 5.74) is 1.95. The van der Waals surface area contributed by atoms with Crippen LogP contribution in [0, 0.1) is 6.92 Å². The molecule has 0 saturated carbocycles. The van der Waals surface area contributed by atoms with Gasteiger partial charge in [-0.2, -0.15) is 13.2 Å². The Balaban J connectivity index is 1.44. The molecule has 0 bridgehead atoms. The van der Waals surface area contributed by atoms with Crippen LogP contribution in [0.4, 0.5) is 13.2 Å². The minimum Gasteiger partial charge on any atom is -0.484 e. The number of benzene rings is 1. The number of hydrogen-bond donors (Lipinski definition) is 0. The molecule has 3 heterocycles. The second-order valence-electron chi connectivity index (χ2n) is 8.84. The molecule has 0 N–H and O–H groups in total. The molecular formula is C24H27F3N4O2. The Morgan fingerprint density at radius 2 is 2.00 bits per heavy atom. The predicted molar refractivity (Wildman–Crippen MR) is 117 cm³/mol.